The van der Waals surface area contributed by atoms with Crippen molar-refractivity contribution in [2.24, 2.45) is 0 Å². The molecule has 1 aliphatic rings. The number of piperazine rings is 1. The van der Waals surface area contributed by atoms with Crippen LogP contribution in [0.25, 0.3) is 6.08 Å². The van der Waals surface area contributed by atoms with Crippen LogP contribution < -0.4 is 5.32 Å². The maximum atomic E-state index is 12.7. The fourth-order valence-electron chi connectivity index (χ4n) is 2.74. The minimum absolute atomic E-state index is 0.243. The van der Waals surface area contributed by atoms with Crippen LogP contribution in [0.15, 0.2) is 59.6 Å². The van der Waals surface area contributed by atoms with Crippen LogP contribution >= 0.6 is 0 Å². The van der Waals surface area contributed by atoms with E-state index in [0.29, 0.717) is 25.5 Å². The number of hydrogen-bond donors (Lipinski definition) is 1. The van der Waals surface area contributed by atoms with Gasteiger partial charge >= 0.3 is 0 Å². The smallest absolute Gasteiger partial charge is 0.244 e. The van der Waals surface area contributed by atoms with Crippen LogP contribution in [0.1, 0.15) is 5.56 Å². The first-order chi connectivity index (χ1) is 12.6. The number of hydrogen-bond acceptors (Lipinski definition) is 5. The van der Waals surface area contributed by atoms with Gasteiger partial charge in [0.15, 0.2) is 0 Å². The maximum absolute atomic E-state index is 12.7. The first kappa shape index (κ1) is 18.6. The minimum Gasteiger partial charge on any atom is -0.367 e. The Morgan fingerprint density at radius 2 is 1.81 bits per heavy atom. The van der Waals surface area contributed by atoms with Crippen molar-refractivity contribution < 1.29 is 8.42 Å². The predicted octanol–water partition coefficient (Wildman–Crippen LogP) is 2.14. The number of nitrogens with one attached hydrogen (secondary N) is 1. The van der Waals surface area contributed by atoms with E-state index in [9.17, 15) is 8.42 Å². The van der Waals surface area contributed by atoms with Crippen molar-refractivity contribution in [2.45, 2.75) is 4.90 Å². The summed E-state index contributed by atoms with van der Waals surface area (Å²) >= 11 is 0. The topological polar surface area (TPSA) is 65.5 Å². The van der Waals surface area contributed by atoms with Gasteiger partial charge < -0.3 is 10.2 Å². The Kier molecular flexibility index (Phi) is 6.03. The van der Waals surface area contributed by atoms with Gasteiger partial charge in [-0.05, 0) is 24.7 Å². The van der Waals surface area contributed by atoms with E-state index in [1.54, 1.807) is 12.1 Å². The summed E-state index contributed by atoms with van der Waals surface area (Å²) in [7, 11) is -1.46. The molecule has 138 valence electrons. The van der Waals surface area contributed by atoms with E-state index in [0.717, 1.165) is 18.7 Å². The van der Waals surface area contributed by atoms with Gasteiger partial charge in [-0.2, -0.15) is 4.31 Å². The van der Waals surface area contributed by atoms with Crippen LogP contribution in [-0.2, 0) is 10.0 Å². The highest BCUT2D eigenvalue weighted by molar-refractivity contribution is 7.89. The summed E-state index contributed by atoms with van der Waals surface area (Å²) in [5.41, 5.74) is 1.14. The molecule has 0 amide bonds. The maximum Gasteiger partial charge on any atom is 0.244 e. The molecule has 3 rings (SSSR count). The van der Waals surface area contributed by atoms with Crippen LogP contribution in [0.4, 0.5) is 5.82 Å². The van der Waals surface area contributed by atoms with Gasteiger partial charge in [0, 0.05) is 38.9 Å². The van der Waals surface area contributed by atoms with Crippen molar-refractivity contribution >= 4 is 21.9 Å². The Bertz CT molecular complexity index is 828. The lowest BCUT2D eigenvalue weighted by Gasteiger charge is -2.31. The summed E-state index contributed by atoms with van der Waals surface area (Å²) in [4.78, 5) is 6.61. The quantitative estimate of drug-likeness (QED) is 0.842. The van der Waals surface area contributed by atoms with Gasteiger partial charge in [0.25, 0.3) is 0 Å². The van der Waals surface area contributed by atoms with Crippen molar-refractivity contribution in [3.63, 3.8) is 0 Å². The lowest BCUT2D eigenvalue weighted by atomic mass is 10.2. The molecule has 0 aliphatic carbocycles. The third-order valence-corrected chi connectivity index (χ3v) is 6.23. The SMILES string of the molecule is CN1CCN(S(=O)(=O)c2ccc(NC/C=C/c3ccccc3)nc2)CC1. The van der Waals surface area contributed by atoms with E-state index < -0.39 is 10.0 Å². The molecular weight excluding hydrogens is 348 g/mol. The fourth-order valence-corrected chi connectivity index (χ4v) is 4.11. The van der Waals surface area contributed by atoms with Crippen molar-refractivity contribution in [2.75, 3.05) is 45.1 Å². The molecule has 6 nitrogen and oxygen atoms in total. The third kappa shape index (κ3) is 4.69. The fraction of sp³-hybridized carbons (Fsp3) is 0.316. The van der Waals surface area contributed by atoms with Crippen molar-refractivity contribution in [1.29, 1.82) is 0 Å². The van der Waals surface area contributed by atoms with Crippen molar-refractivity contribution in [1.82, 2.24) is 14.2 Å². The molecule has 2 aromatic rings. The molecule has 0 radical (unpaired) electrons. The lowest BCUT2D eigenvalue weighted by Crippen LogP contribution is -2.47. The van der Waals surface area contributed by atoms with Crippen molar-refractivity contribution in [3.8, 4) is 0 Å². The summed E-state index contributed by atoms with van der Waals surface area (Å²) in [5.74, 6) is 0.653. The van der Waals surface area contributed by atoms with Gasteiger partial charge in [-0.15, -0.1) is 0 Å². The molecule has 1 aromatic heterocycles. The Morgan fingerprint density at radius 1 is 1.08 bits per heavy atom. The first-order valence-electron chi connectivity index (χ1n) is 8.66. The van der Waals surface area contributed by atoms with Gasteiger partial charge in [-0.1, -0.05) is 42.5 Å². The second kappa shape index (κ2) is 8.44. The van der Waals surface area contributed by atoms with E-state index in [1.165, 1.54) is 10.5 Å². The summed E-state index contributed by atoms with van der Waals surface area (Å²) in [6, 6.07) is 13.4. The molecule has 26 heavy (non-hydrogen) atoms. The molecule has 1 fully saturated rings. The molecule has 0 bridgehead atoms. The van der Waals surface area contributed by atoms with E-state index in [-0.39, 0.29) is 4.90 Å². The van der Waals surface area contributed by atoms with Crippen LogP contribution in [0, 0.1) is 0 Å². The molecule has 0 spiro atoms. The van der Waals surface area contributed by atoms with Crippen LogP contribution in [0.5, 0.6) is 0 Å². The number of nitrogens with zero attached hydrogens (tertiary/aromatic N) is 3. The zero-order chi connectivity index (χ0) is 18.4. The lowest BCUT2D eigenvalue weighted by molar-refractivity contribution is 0.222. The second-order valence-corrected chi connectivity index (χ2v) is 8.22. The molecule has 0 unspecified atom stereocenters. The third-order valence-electron chi connectivity index (χ3n) is 4.35. The van der Waals surface area contributed by atoms with Gasteiger partial charge in [-0.25, -0.2) is 13.4 Å². The molecule has 0 saturated carbocycles. The number of anilines is 1. The highest BCUT2D eigenvalue weighted by Gasteiger charge is 2.27. The van der Waals surface area contributed by atoms with Gasteiger partial charge in [0.2, 0.25) is 10.0 Å². The number of pyridine rings is 1. The predicted molar refractivity (Wildman–Crippen MR) is 104 cm³/mol. The minimum atomic E-state index is -3.46. The number of aromatic nitrogens is 1. The zero-order valence-electron chi connectivity index (χ0n) is 14.9. The summed E-state index contributed by atoms with van der Waals surface area (Å²) in [6.45, 7) is 3.15. The van der Waals surface area contributed by atoms with Crippen LogP contribution in [0.2, 0.25) is 0 Å². The van der Waals surface area contributed by atoms with E-state index in [2.05, 4.69) is 15.2 Å². The zero-order valence-corrected chi connectivity index (χ0v) is 15.7. The van der Waals surface area contributed by atoms with Crippen molar-refractivity contribution in [3.05, 3.63) is 60.3 Å². The van der Waals surface area contributed by atoms with E-state index in [4.69, 9.17) is 0 Å². The summed E-state index contributed by atoms with van der Waals surface area (Å²) in [6.07, 6.45) is 5.46. The summed E-state index contributed by atoms with van der Waals surface area (Å²) in [5, 5.41) is 3.17. The Balaban J connectivity index is 1.57. The molecular formula is C19H24N4O2S. The molecule has 1 N–H and O–H groups in total. The Morgan fingerprint density at radius 3 is 2.46 bits per heavy atom. The van der Waals surface area contributed by atoms with Gasteiger partial charge in [-0.3, -0.25) is 0 Å². The molecule has 7 heteroatoms. The van der Waals surface area contributed by atoms with Gasteiger partial charge in [0.1, 0.15) is 10.7 Å². The Hall–Kier alpha value is -2.22. The largest absolute Gasteiger partial charge is 0.367 e. The highest BCUT2D eigenvalue weighted by Crippen LogP contribution is 2.17. The normalized spacial score (nSPS) is 16.8. The molecule has 0 atom stereocenters. The van der Waals surface area contributed by atoms with Crippen LogP contribution in [0.3, 0.4) is 0 Å². The number of rotatable bonds is 6. The van der Waals surface area contributed by atoms with Crippen LogP contribution in [-0.4, -0.2) is 62.4 Å². The molecule has 1 aromatic carbocycles. The molecule has 1 aliphatic heterocycles. The number of likely N-dealkylation sites (N-methyl/N-ethyl adjacent to an activating group) is 1. The summed E-state index contributed by atoms with van der Waals surface area (Å²) < 4.78 is 26.8. The standard InChI is InChI=1S/C19H24N4O2S/c1-22-12-14-23(15-13-22)26(24,25)18-9-10-19(21-16-18)20-11-5-8-17-6-3-2-4-7-17/h2-10,16H,11-15H2,1H3,(H,20,21)/b8-5+. The number of benzene rings is 1. The molecule has 1 saturated heterocycles. The average Bonchev–Trinajstić information content (AvgIpc) is 2.67. The van der Waals surface area contributed by atoms with Gasteiger partial charge in [0.05, 0.1) is 0 Å². The monoisotopic (exact) mass is 372 g/mol. The van der Waals surface area contributed by atoms with E-state index >= 15 is 0 Å². The highest BCUT2D eigenvalue weighted by atomic mass is 32.2. The molecule has 2 heterocycles. The average molecular weight is 372 g/mol. The Labute approximate surface area is 155 Å². The second-order valence-electron chi connectivity index (χ2n) is 6.28. The first-order valence-corrected chi connectivity index (χ1v) is 10.1. The van der Waals surface area contributed by atoms with E-state index in [1.807, 2.05) is 49.5 Å². The number of sulfonamides is 1.